The summed E-state index contributed by atoms with van der Waals surface area (Å²) in [5.74, 6) is -1.06. The van der Waals surface area contributed by atoms with E-state index in [-0.39, 0.29) is 24.1 Å². The van der Waals surface area contributed by atoms with Gasteiger partial charge in [0.05, 0.1) is 6.20 Å². The van der Waals surface area contributed by atoms with Crippen LogP contribution in [0.3, 0.4) is 0 Å². The number of nitrogens with zero attached hydrogens (tertiary/aromatic N) is 2. The lowest BCUT2D eigenvalue weighted by atomic mass is 10.0. The zero-order valence-corrected chi connectivity index (χ0v) is 12.9. The highest BCUT2D eigenvalue weighted by Crippen LogP contribution is 2.26. The molecule has 3 rings (SSSR count). The van der Waals surface area contributed by atoms with E-state index in [9.17, 15) is 13.6 Å². The van der Waals surface area contributed by atoms with Crippen molar-refractivity contribution < 1.29 is 13.6 Å². The van der Waals surface area contributed by atoms with Crippen LogP contribution >= 0.6 is 0 Å². The van der Waals surface area contributed by atoms with Crippen molar-refractivity contribution in [1.82, 2.24) is 9.55 Å². The molecule has 2 aromatic heterocycles. The maximum absolute atomic E-state index is 13.6. The smallest absolute Gasteiger partial charge is 0.169 e. The minimum atomic E-state index is -0.481. The molecule has 0 saturated carbocycles. The molecule has 0 amide bonds. The number of rotatable bonds is 4. The first-order valence-corrected chi connectivity index (χ1v) is 7.38. The minimum Gasteiger partial charge on any atom is -0.344 e. The number of ketones is 1. The first-order valence-electron chi connectivity index (χ1n) is 7.38. The molecule has 3 nitrogen and oxygen atoms in total. The summed E-state index contributed by atoms with van der Waals surface area (Å²) in [6, 6.07) is 5.84. The standard InChI is InChI=1S/C18H16F2N2O/c1-11(2)22-10-16(15-7-13(19)3-4-17(15)22)18(23)6-12-5-14(20)9-21-8-12/h3-5,7-11H,6H2,1-2H3. The van der Waals surface area contributed by atoms with E-state index >= 15 is 0 Å². The number of hydrogen-bond donors (Lipinski definition) is 0. The van der Waals surface area contributed by atoms with Crippen molar-refractivity contribution in [2.75, 3.05) is 0 Å². The van der Waals surface area contributed by atoms with E-state index in [4.69, 9.17) is 0 Å². The fraction of sp³-hybridized carbons (Fsp3) is 0.222. The van der Waals surface area contributed by atoms with Crippen LogP contribution in [0.4, 0.5) is 8.78 Å². The number of fused-ring (bicyclic) bond motifs is 1. The first kappa shape index (κ1) is 15.3. The van der Waals surface area contributed by atoms with Gasteiger partial charge < -0.3 is 4.57 Å². The Morgan fingerprint density at radius 1 is 1.17 bits per heavy atom. The van der Waals surface area contributed by atoms with Gasteiger partial charge in [0.2, 0.25) is 0 Å². The molecule has 0 N–H and O–H groups in total. The molecule has 1 aromatic carbocycles. The van der Waals surface area contributed by atoms with Gasteiger partial charge in [0.25, 0.3) is 0 Å². The molecule has 0 unspecified atom stereocenters. The normalized spacial score (nSPS) is 11.3. The van der Waals surface area contributed by atoms with Gasteiger partial charge in [-0.15, -0.1) is 0 Å². The van der Waals surface area contributed by atoms with E-state index in [2.05, 4.69) is 4.98 Å². The van der Waals surface area contributed by atoms with Gasteiger partial charge in [-0.3, -0.25) is 9.78 Å². The highest BCUT2D eigenvalue weighted by atomic mass is 19.1. The van der Waals surface area contributed by atoms with Gasteiger partial charge in [0, 0.05) is 41.3 Å². The molecule has 0 aliphatic heterocycles. The van der Waals surface area contributed by atoms with Crippen molar-refractivity contribution >= 4 is 16.7 Å². The monoisotopic (exact) mass is 314 g/mol. The lowest BCUT2D eigenvalue weighted by Crippen LogP contribution is -2.04. The predicted molar refractivity (Wildman–Crippen MR) is 84.5 cm³/mol. The number of hydrogen-bond acceptors (Lipinski definition) is 2. The van der Waals surface area contributed by atoms with Gasteiger partial charge >= 0.3 is 0 Å². The average Bonchev–Trinajstić information content (AvgIpc) is 2.86. The number of pyridine rings is 1. The average molecular weight is 314 g/mol. The maximum Gasteiger partial charge on any atom is 0.169 e. The van der Waals surface area contributed by atoms with Gasteiger partial charge in [-0.2, -0.15) is 0 Å². The van der Waals surface area contributed by atoms with Crippen molar-refractivity contribution in [1.29, 1.82) is 0 Å². The summed E-state index contributed by atoms with van der Waals surface area (Å²) in [4.78, 5) is 16.3. The Kier molecular flexibility index (Phi) is 3.94. The second kappa shape index (κ2) is 5.91. The van der Waals surface area contributed by atoms with Gasteiger partial charge in [-0.1, -0.05) is 0 Å². The SMILES string of the molecule is CC(C)n1cc(C(=O)Cc2cncc(F)c2)c2cc(F)ccc21. The molecule has 0 spiro atoms. The molecule has 0 aliphatic rings. The van der Waals surface area contributed by atoms with Crippen LogP contribution < -0.4 is 0 Å². The van der Waals surface area contributed by atoms with Crippen molar-refractivity contribution in [3.05, 3.63) is 65.6 Å². The third-order valence-corrected chi connectivity index (χ3v) is 3.78. The minimum absolute atomic E-state index is 0.0263. The second-order valence-corrected chi connectivity index (χ2v) is 5.82. The molecule has 2 heterocycles. The van der Waals surface area contributed by atoms with E-state index in [1.54, 1.807) is 12.3 Å². The number of carbonyl (C=O) groups excluding carboxylic acids is 1. The zero-order valence-electron chi connectivity index (χ0n) is 12.9. The highest BCUT2D eigenvalue weighted by molar-refractivity contribution is 6.08. The molecule has 0 atom stereocenters. The summed E-state index contributed by atoms with van der Waals surface area (Å²) in [5.41, 5.74) is 1.75. The quantitative estimate of drug-likeness (QED) is 0.672. The second-order valence-electron chi connectivity index (χ2n) is 5.82. The van der Waals surface area contributed by atoms with Crippen molar-refractivity contribution in [2.45, 2.75) is 26.3 Å². The Hall–Kier alpha value is -2.56. The predicted octanol–water partition coefficient (Wildman–Crippen LogP) is 4.32. The van der Waals surface area contributed by atoms with Crippen LogP contribution in [0.15, 0.2) is 42.9 Å². The van der Waals surface area contributed by atoms with Gasteiger partial charge in [-0.25, -0.2) is 8.78 Å². The fourth-order valence-electron chi connectivity index (χ4n) is 2.71. The summed E-state index contributed by atoms with van der Waals surface area (Å²) in [6.07, 6.45) is 4.32. The van der Waals surface area contributed by atoms with Crippen LogP contribution in [0.5, 0.6) is 0 Å². The number of carbonyl (C=O) groups is 1. The molecule has 5 heteroatoms. The third kappa shape index (κ3) is 2.99. The van der Waals surface area contributed by atoms with Gasteiger partial charge in [-0.05, 0) is 43.7 Å². The Morgan fingerprint density at radius 2 is 1.96 bits per heavy atom. The van der Waals surface area contributed by atoms with Gasteiger partial charge in [0.1, 0.15) is 11.6 Å². The lowest BCUT2D eigenvalue weighted by molar-refractivity contribution is 0.0994. The molecule has 0 radical (unpaired) electrons. The molecule has 0 aliphatic carbocycles. The zero-order chi connectivity index (χ0) is 16.6. The van der Waals surface area contributed by atoms with Crippen LogP contribution in [-0.2, 0) is 6.42 Å². The maximum atomic E-state index is 13.6. The van der Waals surface area contributed by atoms with E-state index in [0.717, 1.165) is 11.7 Å². The Balaban J connectivity index is 2.04. The molecule has 0 fully saturated rings. The summed E-state index contributed by atoms with van der Waals surface area (Å²) in [5, 5.41) is 0.577. The van der Waals surface area contributed by atoms with Crippen LogP contribution in [0, 0.1) is 11.6 Å². The van der Waals surface area contributed by atoms with Gasteiger partial charge in [0.15, 0.2) is 5.78 Å². The number of Topliss-reactive ketones (excluding diaryl/α,β-unsaturated/α-hetero) is 1. The lowest BCUT2D eigenvalue weighted by Gasteiger charge is -2.08. The van der Waals surface area contributed by atoms with Crippen LogP contribution in [0.25, 0.3) is 10.9 Å². The summed E-state index contributed by atoms with van der Waals surface area (Å²) >= 11 is 0. The van der Waals surface area contributed by atoms with Crippen molar-refractivity contribution in [3.63, 3.8) is 0 Å². The topological polar surface area (TPSA) is 34.9 Å². The van der Waals surface area contributed by atoms with E-state index in [0.29, 0.717) is 16.5 Å². The number of aromatic nitrogens is 2. The molecular formula is C18H16F2N2O. The Morgan fingerprint density at radius 3 is 2.65 bits per heavy atom. The Bertz CT molecular complexity index is 884. The van der Waals surface area contributed by atoms with E-state index in [1.165, 1.54) is 24.4 Å². The van der Waals surface area contributed by atoms with Crippen molar-refractivity contribution in [3.8, 4) is 0 Å². The largest absolute Gasteiger partial charge is 0.344 e. The molecule has 23 heavy (non-hydrogen) atoms. The molecule has 3 aromatic rings. The summed E-state index contributed by atoms with van der Waals surface area (Å²) < 4.78 is 28.7. The van der Waals surface area contributed by atoms with E-state index < -0.39 is 5.82 Å². The third-order valence-electron chi connectivity index (χ3n) is 3.78. The van der Waals surface area contributed by atoms with Crippen LogP contribution in [0.1, 0.15) is 35.8 Å². The summed E-state index contributed by atoms with van der Waals surface area (Å²) in [7, 11) is 0. The Labute approximate surface area is 132 Å². The molecule has 118 valence electrons. The highest BCUT2D eigenvalue weighted by Gasteiger charge is 2.17. The molecular weight excluding hydrogens is 298 g/mol. The number of benzene rings is 1. The summed E-state index contributed by atoms with van der Waals surface area (Å²) in [6.45, 7) is 3.99. The van der Waals surface area contributed by atoms with Crippen LogP contribution in [0.2, 0.25) is 0 Å². The van der Waals surface area contributed by atoms with Crippen LogP contribution in [-0.4, -0.2) is 15.3 Å². The number of halogens is 2. The first-order chi connectivity index (χ1) is 11.0. The molecule has 0 saturated heterocycles. The molecule has 0 bridgehead atoms. The van der Waals surface area contributed by atoms with E-state index in [1.807, 2.05) is 18.4 Å². The van der Waals surface area contributed by atoms with Crippen molar-refractivity contribution in [2.24, 2.45) is 0 Å². The fourth-order valence-corrected chi connectivity index (χ4v) is 2.71.